The summed E-state index contributed by atoms with van der Waals surface area (Å²) in [5, 5.41) is 10.1. The highest BCUT2D eigenvalue weighted by Gasteiger charge is 2.29. The lowest BCUT2D eigenvalue weighted by Gasteiger charge is -2.29. The van der Waals surface area contributed by atoms with Crippen molar-refractivity contribution in [1.82, 2.24) is 0 Å². The number of fused-ring (bicyclic) bond motifs is 1. The number of ether oxygens (including phenoxy) is 1. The Morgan fingerprint density at radius 3 is 2.95 bits per heavy atom. The highest BCUT2D eigenvalue weighted by atomic mass is 32.1. The predicted molar refractivity (Wildman–Crippen MR) is 73.0 cm³/mol. The van der Waals surface area contributed by atoms with Gasteiger partial charge in [-0.2, -0.15) is 0 Å². The molecule has 2 aromatic rings. The van der Waals surface area contributed by atoms with Crippen molar-refractivity contribution in [1.29, 1.82) is 0 Å². The number of benzene rings is 1. The van der Waals surface area contributed by atoms with Crippen LogP contribution in [0.15, 0.2) is 30.3 Å². The van der Waals surface area contributed by atoms with Gasteiger partial charge in [0.2, 0.25) is 0 Å². The van der Waals surface area contributed by atoms with Gasteiger partial charge in [0, 0.05) is 21.7 Å². The molecule has 2 heterocycles. The minimum Gasteiger partial charge on any atom is -0.484 e. The van der Waals surface area contributed by atoms with Crippen LogP contribution < -0.4 is 4.74 Å². The lowest BCUT2D eigenvalue weighted by molar-refractivity contribution is 0.0670. The quantitative estimate of drug-likeness (QED) is 0.899. The van der Waals surface area contributed by atoms with Crippen LogP contribution in [0.3, 0.4) is 0 Å². The molecular formula is C15H15FO2S. The lowest BCUT2D eigenvalue weighted by atomic mass is 9.98. The summed E-state index contributed by atoms with van der Waals surface area (Å²) in [4.78, 5) is 2.42. The third kappa shape index (κ3) is 2.38. The fraction of sp³-hybridized carbons (Fsp3) is 0.333. The second-order valence-corrected chi connectivity index (χ2v) is 5.90. The fourth-order valence-corrected chi connectivity index (χ4v) is 3.34. The first kappa shape index (κ1) is 12.6. The van der Waals surface area contributed by atoms with E-state index in [1.807, 2.05) is 0 Å². The molecule has 1 N–H and O–H groups in total. The molecule has 1 aliphatic heterocycles. The maximum Gasteiger partial charge on any atom is 0.136 e. The molecule has 0 saturated heterocycles. The molecule has 3 rings (SSSR count). The van der Waals surface area contributed by atoms with E-state index in [1.165, 1.54) is 17.0 Å². The molecule has 4 heteroatoms. The Balaban J connectivity index is 1.90. The predicted octanol–water partition coefficient (Wildman–Crippen LogP) is 4.01. The summed E-state index contributed by atoms with van der Waals surface area (Å²) in [5.41, 5.74) is 0.545. The summed E-state index contributed by atoms with van der Waals surface area (Å²) >= 11 is 1.71. The van der Waals surface area contributed by atoms with Gasteiger partial charge >= 0.3 is 0 Å². The number of hydrogen-bond acceptors (Lipinski definition) is 3. The van der Waals surface area contributed by atoms with E-state index in [0.29, 0.717) is 17.7 Å². The molecule has 0 bridgehead atoms. The molecule has 0 spiro atoms. The van der Waals surface area contributed by atoms with Gasteiger partial charge in [-0.1, -0.05) is 6.92 Å². The summed E-state index contributed by atoms with van der Waals surface area (Å²) < 4.78 is 19.1. The molecular weight excluding hydrogens is 263 g/mol. The topological polar surface area (TPSA) is 29.5 Å². The molecule has 0 radical (unpaired) electrons. The highest BCUT2D eigenvalue weighted by Crippen LogP contribution is 2.42. The Hall–Kier alpha value is -1.39. The average Bonchev–Trinajstić information content (AvgIpc) is 2.88. The molecule has 1 unspecified atom stereocenters. The molecule has 1 aromatic heterocycles. The molecule has 0 amide bonds. The maximum atomic E-state index is 13.2. The van der Waals surface area contributed by atoms with Crippen LogP contribution in [0.25, 0.3) is 0 Å². The second kappa shape index (κ2) is 4.94. The fourth-order valence-electron chi connectivity index (χ4n) is 2.35. The van der Waals surface area contributed by atoms with Gasteiger partial charge in [0.1, 0.15) is 17.7 Å². The summed E-state index contributed by atoms with van der Waals surface area (Å²) in [7, 11) is 0. The van der Waals surface area contributed by atoms with Crippen molar-refractivity contribution in [2.24, 2.45) is 0 Å². The van der Waals surface area contributed by atoms with Gasteiger partial charge in [0.25, 0.3) is 0 Å². The molecule has 19 heavy (non-hydrogen) atoms. The van der Waals surface area contributed by atoms with Crippen molar-refractivity contribution in [3.63, 3.8) is 0 Å². The zero-order valence-corrected chi connectivity index (χ0v) is 11.4. The zero-order valence-electron chi connectivity index (χ0n) is 10.6. The first-order valence-corrected chi connectivity index (χ1v) is 7.21. The minimum absolute atomic E-state index is 0.140. The highest BCUT2D eigenvalue weighted by molar-refractivity contribution is 7.12. The first-order chi connectivity index (χ1) is 9.17. The molecule has 2 nitrogen and oxygen atoms in total. The normalized spacial score (nSPS) is 21.8. The van der Waals surface area contributed by atoms with E-state index in [2.05, 4.69) is 19.1 Å². The maximum absolute atomic E-state index is 13.2. The molecule has 0 saturated carbocycles. The monoisotopic (exact) mass is 278 g/mol. The molecule has 0 aliphatic carbocycles. The van der Waals surface area contributed by atoms with Gasteiger partial charge < -0.3 is 9.84 Å². The van der Waals surface area contributed by atoms with E-state index in [4.69, 9.17) is 4.74 Å². The summed E-state index contributed by atoms with van der Waals surface area (Å²) in [6, 6.07) is 8.45. The SMILES string of the molecule is CCc1ccc(C2C[C@H](O)c3cc(F)ccc3O2)s1. The van der Waals surface area contributed by atoms with Gasteiger partial charge in [-0.25, -0.2) is 4.39 Å². The molecule has 0 fully saturated rings. The Bertz CT molecular complexity index is 594. The van der Waals surface area contributed by atoms with Crippen LogP contribution in [-0.2, 0) is 6.42 Å². The summed E-state index contributed by atoms with van der Waals surface area (Å²) in [5.74, 6) is 0.237. The Labute approximate surface area is 115 Å². The van der Waals surface area contributed by atoms with Crippen molar-refractivity contribution in [3.8, 4) is 5.75 Å². The van der Waals surface area contributed by atoms with Gasteiger partial charge in [-0.3, -0.25) is 0 Å². The number of aliphatic hydroxyl groups excluding tert-OH is 1. The number of halogens is 1. The summed E-state index contributed by atoms with van der Waals surface area (Å²) in [6.07, 6.45) is 0.664. The van der Waals surface area contributed by atoms with Gasteiger partial charge in [0.15, 0.2) is 0 Å². The number of aryl methyl sites for hydroxylation is 1. The van der Waals surface area contributed by atoms with Gasteiger partial charge in [-0.15, -0.1) is 11.3 Å². The Kier molecular flexibility index (Phi) is 3.29. The van der Waals surface area contributed by atoms with E-state index in [-0.39, 0.29) is 11.9 Å². The Morgan fingerprint density at radius 2 is 2.21 bits per heavy atom. The number of thiophene rings is 1. The van der Waals surface area contributed by atoms with Crippen LogP contribution in [0.1, 0.15) is 40.9 Å². The number of rotatable bonds is 2. The minimum atomic E-state index is -0.670. The lowest BCUT2D eigenvalue weighted by Crippen LogP contribution is -2.18. The van der Waals surface area contributed by atoms with Gasteiger partial charge in [0.05, 0.1) is 6.10 Å². The van der Waals surface area contributed by atoms with Crippen LogP contribution in [0.2, 0.25) is 0 Å². The smallest absolute Gasteiger partial charge is 0.136 e. The number of aliphatic hydroxyl groups is 1. The van der Waals surface area contributed by atoms with E-state index < -0.39 is 6.10 Å². The standard InChI is InChI=1S/C15H15FO2S/c1-2-10-4-6-15(19-10)14-8-12(17)11-7-9(16)3-5-13(11)18-14/h3-7,12,14,17H,2,8H2,1H3/t12-,14?/m0/s1. The van der Waals surface area contributed by atoms with Crippen molar-refractivity contribution in [2.75, 3.05) is 0 Å². The third-order valence-corrected chi connectivity index (χ3v) is 4.71. The molecule has 2 atom stereocenters. The Morgan fingerprint density at radius 1 is 1.37 bits per heavy atom. The van der Waals surface area contributed by atoms with Crippen LogP contribution in [-0.4, -0.2) is 5.11 Å². The molecule has 1 aliphatic rings. The molecule has 100 valence electrons. The van der Waals surface area contributed by atoms with Crippen molar-refractivity contribution < 1.29 is 14.2 Å². The summed E-state index contributed by atoms with van der Waals surface area (Å²) in [6.45, 7) is 2.12. The zero-order chi connectivity index (χ0) is 13.4. The van der Waals surface area contributed by atoms with Crippen LogP contribution in [0.5, 0.6) is 5.75 Å². The van der Waals surface area contributed by atoms with E-state index in [1.54, 1.807) is 17.4 Å². The van der Waals surface area contributed by atoms with Crippen molar-refractivity contribution in [2.45, 2.75) is 32.0 Å². The average molecular weight is 278 g/mol. The first-order valence-electron chi connectivity index (χ1n) is 6.40. The van der Waals surface area contributed by atoms with E-state index in [0.717, 1.165) is 11.3 Å². The van der Waals surface area contributed by atoms with Crippen LogP contribution in [0, 0.1) is 5.82 Å². The van der Waals surface area contributed by atoms with Gasteiger partial charge in [-0.05, 0) is 36.8 Å². The number of hydrogen-bond donors (Lipinski definition) is 1. The van der Waals surface area contributed by atoms with Crippen LogP contribution >= 0.6 is 11.3 Å². The third-order valence-electron chi connectivity index (χ3n) is 3.39. The molecule has 1 aromatic carbocycles. The van der Waals surface area contributed by atoms with Crippen molar-refractivity contribution >= 4 is 11.3 Å². The largest absolute Gasteiger partial charge is 0.484 e. The van der Waals surface area contributed by atoms with Crippen LogP contribution in [0.4, 0.5) is 4.39 Å². The van der Waals surface area contributed by atoms with E-state index >= 15 is 0 Å². The van der Waals surface area contributed by atoms with E-state index in [9.17, 15) is 9.50 Å². The van der Waals surface area contributed by atoms with Crippen molar-refractivity contribution in [3.05, 3.63) is 51.5 Å². The second-order valence-electron chi connectivity index (χ2n) is 4.70.